The minimum absolute atomic E-state index is 1.02. The largest absolute Gasteiger partial charge is 0.258 e. The van der Waals surface area contributed by atoms with Gasteiger partial charge in [0.25, 0.3) is 0 Å². The Balaban J connectivity index is 2.83. The molecule has 0 fully saturated rings. The molecule has 0 aromatic heterocycles. The minimum Gasteiger partial charge on any atom is -0.258 e. The number of hydrogen-bond acceptors (Lipinski definition) is 3. The van der Waals surface area contributed by atoms with Crippen molar-refractivity contribution < 1.29 is 0 Å². The van der Waals surface area contributed by atoms with Crippen molar-refractivity contribution in [1.82, 2.24) is 0 Å². The number of rotatable bonds is 3. The van der Waals surface area contributed by atoms with Crippen LogP contribution in [-0.2, 0) is 0 Å². The molecule has 0 atom stereocenters. The molecule has 0 unspecified atom stereocenters. The molecular weight excluding hydrogens is 126 g/mol. The fourth-order valence-corrected chi connectivity index (χ4v) is 1.04. The van der Waals surface area contributed by atoms with E-state index in [2.05, 4.69) is 5.87 Å². The van der Waals surface area contributed by atoms with Gasteiger partial charge < -0.3 is 0 Å². The Morgan fingerprint density at radius 1 is 1.86 bits per heavy atom. The van der Waals surface area contributed by atoms with Crippen molar-refractivity contribution >= 4 is 29.4 Å². The van der Waals surface area contributed by atoms with Crippen molar-refractivity contribution in [3.8, 4) is 0 Å². The van der Waals surface area contributed by atoms with Gasteiger partial charge in [0.05, 0.1) is 0 Å². The van der Waals surface area contributed by atoms with Crippen molar-refractivity contribution in [3.05, 3.63) is 5.41 Å². The molecule has 0 rings (SSSR count). The van der Waals surface area contributed by atoms with Crippen molar-refractivity contribution in [2.75, 3.05) is 11.3 Å². The normalized spacial score (nSPS) is 7.57. The van der Waals surface area contributed by atoms with Crippen LogP contribution in [0.2, 0.25) is 0 Å². The summed E-state index contributed by atoms with van der Waals surface area (Å²) >= 11 is 3.34. The second kappa shape index (κ2) is 6.15. The van der Waals surface area contributed by atoms with Crippen molar-refractivity contribution in [2.24, 2.45) is 0 Å². The maximum atomic E-state index is 6.45. The van der Waals surface area contributed by atoms with Gasteiger partial charge in [0.2, 0.25) is 0 Å². The maximum Gasteiger partial charge on any atom is 0.0437 e. The lowest BCUT2D eigenvalue weighted by molar-refractivity contribution is 1.60. The average molecular weight is 133 g/mol. The molecule has 0 amide bonds. The van der Waals surface area contributed by atoms with E-state index >= 15 is 0 Å². The Kier molecular flexibility index (Phi) is 6.28. The van der Waals surface area contributed by atoms with Crippen LogP contribution in [0.5, 0.6) is 0 Å². The molecule has 40 valence electrons. The Morgan fingerprint density at radius 3 is 3.00 bits per heavy atom. The molecule has 0 saturated heterocycles. The predicted octanol–water partition coefficient (Wildman–Crippen LogP) is 1.80. The summed E-state index contributed by atoms with van der Waals surface area (Å²) in [6, 6.07) is 0. The Morgan fingerprint density at radius 2 is 2.57 bits per heavy atom. The minimum atomic E-state index is 1.02. The second-order valence-corrected chi connectivity index (χ2v) is 2.92. The molecule has 0 aliphatic carbocycles. The lowest BCUT2D eigenvalue weighted by atomic mass is 11.2. The van der Waals surface area contributed by atoms with Gasteiger partial charge >= 0.3 is 0 Å². The van der Waals surface area contributed by atoms with E-state index in [9.17, 15) is 0 Å². The summed E-state index contributed by atoms with van der Waals surface area (Å²) < 4.78 is 0. The maximum absolute atomic E-state index is 6.45. The third-order valence-corrected chi connectivity index (χ3v) is 2.10. The van der Waals surface area contributed by atoms with Crippen LogP contribution >= 0.6 is 23.5 Å². The van der Waals surface area contributed by atoms with Gasteiger partial charge in [-0.2, -0.15) is 11.8 Å². The monoisotopic (exact) mass is 133 g/mol. The summed E-state index contributed by atoms with van der Waals surface area (Å²) in [5.74, 6) is 2.18. The zero-order valence-electron chi connectivity index (χ0n) is 4.10. The molecule has 1 N–H and O–H groups in total. The smallest absolute Gasteiger partial charge is 0.0437 e. The Labute approximate surface area is 52.1 Å². The van der Waals surface area contributed by atoms with Crippen molar-refractivity contribution in [1.29, 1.82) is 5.41 Å². The van der Waals surface area contributed by atoms with E-state index in [0.717, 1.165) is 5.08 Å². The zero-order chi connectivity index (χ0) is 5.54. The standard InChI is InChI=1S/C4H7NS2/c1-6-4-7-3-2-5/h3,5H,4H2,1H3. The molecule has 3 heteroatoms. The third-order valence-electron chi connectivity index (χ3n) is 0.328. The Hall–Kier alpha value is 0.150. The van der Waals surface area contributed by atoms with Gasteiger partial charge in [-0.15, -0.1) is 11.8 Å². The molecule has 0 bridgehead atoms. The fourth-order valence-electron chi connectivity index (χ4n) is 0.144. The SMILES string of the molecule is CSCSC=C=N. The molecule has 0 spiro atoms. The van der Waals surface area contributed by atoms with E-state index < -0.39 is 0 Å². The summed E-state index contributed by atoms with van der Waals surface area (Å²) in [4.78, 5) is 0. The lowest BCUT2D eigenvalue weighted by Crippen LogP contribution is -1.58. The summed E-state index contributed by atoms with van der Waals surface area (Å²) in [6.07, 6.45) is 2.03. The summed E-state index contributed by atoms with van der Waals surface area (Å²) in [5.41, 5.74) is 0. The van der Waals surface area contributed by atoms with E-state index in [4.69, 9.17) is 5.41 Å². The van der Waals surface area contributed by atoms with E-state index in [1.54, 1.807) is 28.9 Å². The van der Waals surface area contributed by atoms with Gasteiger partial charge in [0.15, 0.2) is 0 Å². The molecule has 0 aliphatic rings. The van der Waals surface area contributed by atoms with Gasteiger partial charge in [-0.1, -0.05) is 0 Å². The molecule has 0 aliphatic heterocycles. The van der Waals surface area contributed by atoms with Crippen LogP contribution in [0.1, 0.15) is 0 Å². The molecule has 1 nitrogen and oxygen atoms in total. The van der Waals surface area contributed by atoms with Crippen LogP contribution in [0.4, 0.5) is 0 Å². The van der Waals surface area contributed by atoms with Crippen LogP contribution in [0, 0.1) is 5.41 Å². The second-order valence-electron chi connectivity index (χ2n) is 0.835. The lowest BCUT2D eigenvalue weighted by Gasteiger charge is -1.82. The third kappa shape index (κ3) is 6.15. The summed E-state index contributed by atoms with van der Waals surface area (Å²) in [7, 11) is 0. The Bertz CT molecular complexity index is 75.8. The van der Waals surface area contributed by atoms with E-state index in [1.807, 2.05) is 6.26 Å². The first-order chi connectivity index (χ1) is 3.41. The molecule has 0 saturated carbocycles. The number of nitrogens with one attached hydrogen (secondary N) is 1. The summed E-state index contributed by atoms with van der Waals surface area (Å²) in [5, 5.41) is 9.11. The van der Waals surface area contributed by atoms with Crippen LogP contribution in [0.15, 0.2) is 5.41 Å². The molecule has 0 radical (unpaired) electrons. The van der Waals surface area contributed by atoms with E-state index in [-0.39, 0.29) is 0 Å². The average Bonchev–Trinajstić information content (AvgIpc) is 1.69. The van der Waals surface area contributed by atoms with Crippen LogP contribution in [0.3, 0.4) is 0 Å². The molecule has 0 aromatic rings. The first kappa shape index (κ1) is 7.15. The van der Waals surface area contributed by atoms with Crippen molar-refractivity contribution in [3.63, 3.8) is 0 Å². The van der Waals surface area contributed by atoms with Gasteiger partial charge in [-0.3, -0.25) is 5.41 Å². The fraction of sp³-hybridized carbons (Fsp3) is 0.500. The molecule has 7 heavy (non-hydrogen) atoms. The van der Waals surface area contributed by atoms with Gasteiger partial charge in [0, 0.05) is 10.5 Å². The predicted molar refractivity (Wildman–Crippen MR) is 38.3 cm³/mol. The zero-order valence-corrected chi connectivity index (χ0v) is 5.73. The van der Waals surface area contributed by atoms with E-state index in [0.29, 0.717) is 0 Å². The van der Waals surface area contributed by atoms with Crippen LogP contribution in [0.25, 0.3) is 0 Å². The highest BCUT2D eigenvalue weighted by Crippen LogP contribution is 2.06. The van der Waals surface area contributed by atoms with Crippen molar-refractivity contribution in [2.45, 2.75) is 0 Å². The van der Waals surface area contributed by atoms with Gasteiger partial charge in [-0.25, -0.2) is 0 Å². The molecular formula is C4H7NS2. The highest BCUT2D eigenvalue weighted by molar-refractivity contribution is 8.17. The van der Waals surface area contributed by atoms with Gasteiger partial charge in [-0.05, 0) is 12.1 Å². The molecule has 0 aromatic carbocycles. The highest BCUT2D eigenvalue weighted by Gasteiger charge is 1.73. The number of hydrogen-bond donors (Lipinski definition) is 1. The first-order valence-corrected chi connectivity index (χ1v) is 4.20. The van der Waals surface area contributed by atoms with Crippen LogP contribution in [-0.4, -0.2) is 17.2 Å². The van der Waals surface area contributed by atoms with E-state index in [1.165, 1.54) is 0 Å². The quantitative estimate of drug-likeness (QED) is 0.360. The first-order valence-electron chi connectivity index (χ1n) is 1.76. The van der Waals surface area contributed by atoms with Crippen LogP contribution < -0.4 is 0 Å². The molecule has 0 heterocycles. The highest BCUT2D eigenvalue weighted by atomic mass is 32.2. The summed E-state index contributed by atoms with van der Waals surface area (Å²) in [6.45, 7) is 0. The topological polar surface area (TPSA) is 23.9 Å². The number of thioether (sulfide) groups is 2. The van der Waals surface area contributed by atoms with Gasteiger partial charge in [0.1, 0.15) is 0 Å².